The summed E-state index contributed by atoms with van der Waals surface area (Å²) < 4.78 is 0. The van der Waals surface area contributed by atoms with Gasteiger partial charge >= 0.3 is 6.03 Å². The summed E-state index contributed by atoms with van der Waals surface area (Å²) in [5, 5.41) is 3.55. The normalized spacial score (nSPS) is 13.9. The van der Waals surface area contributed by atoms with E-state index in [1.165, 1.54) is 12.1 Å². The van der Waals surface area contributed by atoms with Gasteiger partial charge in [0.15, 0.2) is 0 Å². The van der Waals surface area contributed by atoms with E-state index in [9.17, 15) is 14.4 Å². The fraction of sp³-hybridized carbons (Fsp3) is 0.250. The van der Waals surface area contributed by atoms with E-state index in [2.05, 4.69) is 5.32 Å². The Morgan fingerprint density at radius 1 is 0.931 bits per heavy atom. The average molecular weight is 435 g/mol. The molecule has 2 aromatic rings. The number of piperazine rings is 1. The smallest absolute Gasteiger partial charge is 0.321 e. The van der Waals surface area contributed by atoms with Crippen LogP contribution >= 0.6 is 23.2 Å². The van der Waals surface area contributed by atoms with Crippen molar-refractivity contribution >= 4 is 46.7 Å². The number of anilines is 1. The Labute approximate surface area is 178 Å². The number of carbonyl (C=O) groups excluding carboxylic acids is 3. The predicted molar refractivity (Wildman–Crippen MR) is 112 cm³/mol. The van der Waals surface area contributed by atoms with Crippen LogP contribution in [0.5, 0.6) is 0 Å². The molecular formula is C20H20Cl2N4O3. The van der Waals surface area contributed by atoms with Crippen molar-refractivity contribution in [3.63, 3.8) is 0 Å². The first-order valence-corrected chi connectivity index (χ1v) is 9.76. The highest BCUT2D eigenvalue weighted by atomic mass is 35.5. The molecule has 9 heteroatoms. The molecule has 29 heavy (non-hydrogen) atoms. The number of hydrogen-bond acceptors (Lipinski definition) is 3. The minimum atomic E-state index is -0.632. The number of primary amides is 1. The maximum atomic E-state index is 12.5. The number of halogens is 2. The van der Waals surface area contributed by atoms with Crippen LogP contribution in [-0.2, 0) is 11.2 Å². The number of nitrogens with one attached hydrogen (secondary N) is 1. The Morgan fingerprint density at radius 2 is 1.55 bits per heavy atom. The summed E-state index contributed by atoms with van der Waals surface area (Å²) in [5.41, 5.74) is 6.77. The second-order valence-corrected chi connectivity index (χ2v) is 7.50. The Morgan fingerprint density at radius 3 is 2.14 bits per heavy atom. The minimum Gasteiger partial charge on any atom is -0.366 e. The zero-order chi connectivity index (χ0) is 21.0. The predicted octanol–water partition coefficient (Wildman–Crippen LogP) is 3.01. The summed E-state index contributed by atoms with van der Waals surface area (Å²) in [5.74, 6) is -0.617. The Hall–Kier alpha value is -2.77. The first-order chi connectivity index (χ1) is 13.8. The van der Waals surface area contributed by atoms with Crippen LogP contribution in [-0.4, -0.2) is 53.8 Å². The van der Waals surface area contributed by atoms with Gasteiger partial charge in [-0.25, -0.2) is 4.79 Å². The highest BCUT2D eigenvalue weighted by Gasteiger charge is 2.24. The third-order valence-electron chi connectivity index (χ3n) is 4.67. The molecule has 4 amide bonds. The number of carbonyl (C=O) groups is 3. The number of hydrogen-bond donors (Lipinski definition) is 2. The molecular weight excluding hydrogens is 415 g/mol. The van der Waals surface area contributed by atoms with Crippen molar-refractivity contribution in [3.8, 4) is 0 Å². The average Bonchev–Trinajstić information content (AvgIpc) is 2.69. The summed E-state index contributed by atoms with van der Waals surface area (Å²) >= 11 is 11.9. The van der Waals surface area contributed by atoms with Crippen molar-refractivity contribution in [2.75, 3.05) is 31.5 Å². The fourth-order valence-electron chi connectivity index (χ4n) is 3.04. The van der Waals surface area contributed by atoms with E-state index in [1.54, 1.807) is 28.0 Å². The lowest BCUT2D eigenvalue weighted by molar-refractivity contribution is -0.131. The molecule has 0 saturated carbocycles. The third-order valence-corrected chi connectivity index (χ3v) is 5.24. The lowest BCUT2D eigenvalue weighted by atomic mass is 10.1. The topological polar surface area (TPSA) is 95.7 Å². The van der Waals surface area contributed by atoms with Crippen LogP contribution in [0.2, 0.25) is 10.0 Å². The molecule has 152 valence electrons. The summed E-state index contributed by atoms with van der Waals surface area (Å²) in [7, 11) is 0. The monoisotopic (exact) mass is 434 g/mol. The summed E-state index contributed by atoms with van der Waals surface area (Å²) in [6.45, 7) is 1.76. The summed E-state index contributed by atoms with van der Waals surface area (Å²) in [6.07, 6.45) is 0.300. The Kier molecular flexibility index (Phi) is 6.61. The van der Waals surface area contributed by atoms with Gasteiger partial charge in [-0.2, -0.15) is 0 Å². The molecule has 1 heterocycles. The van der Waals surface area contributed by atoms with Crippen LogP contribution in [0.25, 0.3) is 0 Å². The molecule has 1 fully saturated rings. The molecule has 0 aromatic heterocycles. The molecule has 0 radical (unpaired) electrons. The molecule has 0 aliphatic carbocycles. The van der Waals surface area contributed by atoms with Gasteiger partial charge < -0.3 is 20.9 Å². The largest absolute Gasteiger partial charge is 0.366 e. The van der Waals surface area contributed by atoms with Gasteiger partial charge in [0.1, 0.15) is 0 Å². The number of urea groups is 1. The van der Waals surface area contributed by atoms with Gasteiger partial charge in [-0.05, 0) is 35.9 Å². The number of nitrogens with two attached hydrogens (primary N) is 1. The lowest BCUT2D eigenvalue weighted by Gasteiger charge is -2.34. The molecule has 3 rings (SSSR count). The zero-order valence-corrected chi connectivity index (χ0v) is 17.0. The summed E-state index contributed by atoms with van der Waals surface area (Å²) in [4.78, 5) is 39.5. The Bertz CT molecular complexity index is 926. The van der Waals surface area contributed by atoms with Gasteiger partial charge in [0, 0.05) is 36.9 Å². The molecule has 0 atom stereocenters. The van der Waals surface area contributed by atoms with E-state index in [0.29, 0.717) is 43.3 Å². The molecule has 0 spiro atoms. The standard InChI is InChI=1S/C20H20Cl2N4O3/c21-14-3-1-13(2-4-14)11-18(27)25-7-9-26(10-8-25)20(29)24-15-5-6-16(19(23)28)17(22)12-15/h1-6,12H,7-11H2,(H2,23,28)(H,24,29). The maximum absolute atomic E-state index is 12.5. The van der Waals surface area contributed by atoms with E-state index in [-0.39, 0.29) is 22.5 Å². The van der Waals surface area contributed by atoms with E-state index >= 15 is 0 Å². The van der Waals surface area contributed by atoms with Gasteiger partial charge in [0.2, 0.25) is 11.8 Å². The van der Waals surface area contributed by atoms with Crippen molar-refractivity contribution in [2.24, 2.45) is 5.73 Å². The number of amides is 4. The van der Waals surface area contributed by atoms with Gasteiger partial charge in [0.05, 0.1) is 17.0 Å². The van der Waals surface area contributed by atoms with E-state index in [1.807, 2.05) is 12.1 Å². The molecule has 3 N–H and O–H groups in total. The third kappa shape index (κ3) is 5.40. The number of nitrogens with zero attached hydrogens (tertiary/aromatic N) is 2. The van der Waals surface area contributed by atoms with Gasteiger partial charge in [0.25, 0.3) is 0 Å². The maximum Gasteiger partial charge on any atom is 0.321 e. The molecule has 0 unspecified atom stereocenters. The van der Waals surface area contributed by atoms with Crippen molar-refractivity contribution < 1.29 is 14.4 Å². The Balaban J connectivity index is 1.51. The molecule has 1 aliphatic heterocycles. The van der Waals surface area contributed by atoms with E-state index in [0.717, 1.165) is 5.56 Å². The molecule has 1 aliphatic rings. The molecule has 7 nitrogen and oxygen atoms in total. The first kappa shape index (κ1) is 21.0. The van der Waals surface area contributed by atoms with Gasteiger partial charge in [-0.15, -0.1) is 0 Å². The first-order valence-electron chi connectivity index (χ1n) is 9.01. The quantitative estimate of drug-likeness (QED) is 0.773. The fourth-order valence-corrected chi connectivity index (χ4v) is 3.44. The van der Waals surface area contributed by atoms with Crippen LogP contribution in [0.1, 0.15) is 15.9 Å². The second-order valence-electron chi connectivity index (χ2n) is 6.66. The van der Waals surface area contributed by atoms with Crippen molar-refractivity contribution in [2.45, 2.75) is 6.42 Å². The highest BCUT2D eigenvalue weighted by Crippen LogP contribution is 2.21. The van der Waals surface area contributed by atoms with Gasteiger partial charge in [-0.3, -0.25) is 9.59 Å². The number of rotatable bonds is 4. The van der Waals surface area contributed by atoms with Crippen molar-refractivity contribution in [3.05, 3.63) is 63.6 Å². The SMILES string of the molecule is NC(=O)c1ccc(NC(=O)N2CCN(C(=O)Cc3ccc(Cl)cc3)CC2)cc1Cl. The lowest BCUT2D eigenvalue weighted by Crippen LogP contribution is -2.52. The molecule has 1 saturated heterocycles. The van der Waals surface area contributed by atoms with Crippen LogP contribution in [0.15, 0.2) is 42.5 Å². The van der Waals surface area contributed by atoms with Gasteiger partial charge in [-0.1, -0.05) is 35.3 Å². The molecule has 0 bridgehead atoms. The minimum absolute atomic E-state index is 0.0150. The number of benzene rings is 2. The van der Waals surface area contributed by atoms with E-state index in [4.69, 9.17) is 28.9 Å². The van der Waals surface area contributed by atoms with Crippen LogP contribution < -0.4 is 11.1 Å². The van der Waals surface area contributed by atoms with Crippen molar-refractivity contribution in [1.82, 2.24) is 9.80 Å². The summed E-state index contributed by atoms with van der Waals surface area (Å²) in [6, 6.07) is 11.4. The second kappa shape index (κ2) is 9.15. The van der Waals surface area contributed by atoms with E-state index < -0.39 is 5.91 Å². The van der Waals surface area contributed by atoms with Crippen LogP contribution in [0.3, 0.4) is 0 Å². The molecule has 2 aromatic carbocycles. The van der Waals surface area contributed by atoms with Crippen molar-refractivity contribution in [1.29, 1.82) is 0 Å². The van der Waals surface area contributed by atoms with Crippen LogP contribution in [0.4, 0.5) is 10.5 Å². The zero-order valence-electron chi connectivity index (χ0n) is 15.5. The van der Waals surface area contributed by atoms with Crippen LogP contribution in [0, 0.1) is 0 Å². The highest BCUT2D eigenvalue weighted by molar-refractivity contribution is 6.34.